The largest absolute Gasteiger partial charge is 0.490 e. The molecule has 1 aromatic heterocycles. The second-order valence-corrected chi connectivity index (χ2v) is 4.65. The molecule has 0 aliphatic carbocycles. The molecule has 114 valence electrons. The standard InChI is InChI=1S/C15H10F3NO3/c1-21-15(20)10-3-2-8(16)13(19-10)11-9(17)6-7-4-5-22-14(7)12(11)18/h2-3,6H,4-5H2,1H3. The first-order valence-electron chi connectivity index (χ1n) is 6.42. The van der Waals surface area contributed by atoms with E-state index in [9.17, 15) is 18.0 Å². The number of ether oxygens (including phenoxy) is 2. The second kappa shape index (κ2) is 5.32. The molecular weight excluding hydrogens is 299 g/mol. The molecule has 1 aliphatic rings. The molecule has 0 saturated heterocycles. The van der Waals surface area contributed by atoms with Gasteiger partial charge in [0.1, 0.15) is 23.0 Å². The van der Waals surface area contributed by atoms with Crippen molar-refractivity contribution in [1.29, 1.82) is 0 Å². The van der Waals surface area contributed by atoms with E-state index in [0.717, 1.165) is 25.3 Å². The van der Waals surface area contributed by atoms with Crippen LogP contribution in [0.2, 0.25) is 0 Å². The number of carbonyl (C=O) groups is 1. The lowest BCUT2D eigenvalue weighted by Gasteiger charge is -2.10. The van der Waals surface area contributed by atoms with Crippen molar-refractivity contribution in [2.75, 3.05) is 13.7 Å². The van der Waals surface area contributed by atoms with Crippen LogP contribution in [0.1, 0.15) is 16.1 Å². The highest BCUT2D eigenvalue weighted by Gasteiger charge is 2.27. The Bertz CT molecular complexity index is 777. The predicted octanol–water partition coefficient (Wildman–Crippen LogP) is 2.89. The van der Waals surface area contributed by atoms with Crippen LogP contribution < -0.4 is 4.74 Å². The Morgan fingerprint density at radius 2 is 2.05 bits per heavy atom. The van der Waals surface area contributed by atoms with Crippen molar-refractivity contribution < 1.29 is 27.4 Å². The first-order valence-corrected chi connectivity index (χ1v) is 6.42. The van der Waals surface area contributed by atoms with E-state index in [2.05, 4.69) is 9.72 Å². The number of benzene rings is 1. The number of esters is 1. The summed E-state index contributed by atoms with van der Waals surface area (Å²) in [5, 5.41) is 0. The number of fused-ring (bicyclic) bond motifs is 1. The number of rotatable bonds is 2. The number of methoxy groups -OCH3 is 1. The molecule has 0 atom stereocenters. The summed E-state index contributed by atoms with van der Waals surface area (Å²) in [7, 11) is 1.12. The van der Waals surface area contributed by atoms with Gasteiger partial charge < -0.3 is 9.47 Å². The van der Waals surface area contributed by atoms with Gasteiger partial charge >= 0.3 is 5.97 Å². The van der Waals surface area contributed by atoms with Gasteiger partial charge in [-0.05, 0) is 18.2 Å². The molecule has 4 nitrogen and oxygen atoms in total. The van der Waals surface area contributed by atoms with Gasteiger partial charge in [0.15, 0.2) is 11.6 Å². The molecule has 3 rings (SSSR count). The zero-order valence-electron chi connectivity index (χ0n) is 11.5. The highest BCUT2D eigenvalue weighted by atomic mass is 19.1. The van der Waals surface area contributed by atoms with Crippen LogP contribution in [0.3, 0.4) is 0 Å². The lowest BCUT2D eigenvalue weighted by Crippen LogP contribution is -2.07. The summed E-state index contributed by atoms with van der Waals surface area (Å²) in [5.74, 6) is -3.89. The third kappa shape index (κ3) is 2.18. The fourth-order valence-corrected chi connectivity index (χ4v) is 2.31. The van der Waals surface area contributed by atoms with Gasteiger partial charge in [0.05, 0.1) is 19.3 Å². The van der Waals surface area contributed by atoms with Crippen molar-refractivity contribution in [1.82, 2.24) is 4.98 Å². The number of carbonyl (C=O) groups excluding carboxylic acids is 1. The molecular formula is C15H10F3NO3. The zero-order valence-corrected chi connectivity index (χ0v) is 11.5. The van der Waals surface area contributed by atoms with Gasteiger partial charge in [-0.15, -0.1) is 0 Å². The molecule has 0 unspecified atom stereocenters. The molecule has 0 N–H and O–H groups in total. The molecule has 1 aliphatic heterocycles. The average Bonchev–Trinajstić information content (AvgIpc) is 2.96. The molecule has 0 radical (unpaired) electrons. The highest BCUT2D eigenvalue weighted by molar-refractivity contribution is 5.88. The normalized spacial score (nSPS) is 12.7. The van der Waals surface area contributed by atoms with Crippen LogP contribution in [0, 0.1) is 17.5 Å². The topological polar surface area (TPSA) is 48.4 Å². The fourth-order valence-electron chi connectivity index (χ4n) is 2.31. The quantitative estimate of drug-likeness (QED) is 0.800. The van der Waals surface area contributed by atoms with E-state index in [1.165, 1.54) is 0 Å². The molecule has 7 heteroatoms. The predicted molar refractivity (Wildman–Crippen MR) is 70.1 cm³/mol. The monoisotopic (exact) mass is 309 g/mol. The van der Waals surface area contributed by atoms with Crippen LogP contribution in [-0.4, -0.2) is 24.7 Å². The van der Waals surface area contributed by atoms with Crippen LogP contribution in [0.15, 0.2) is 18.2 Å². The van der Waals surface area contributed by atoms with Crippen molar-refractivity contribution in [2.24, 2.45) is 0 Å². The molecule has 0 amide bonds. The first-order chi connectivity index (χ1) is 10.5. The Kier molecular flexibility index (Phi) is 3.48. The molecule has 0 fully saturated rings. The summed E-state index contributed by atoms with van der Waals surface area (Å²) < 4.78 is 52.1. The van der Waals surface area contributed by atoms with E-state index >= 15 is 0 Å². The van der Waals surface area contributed by atoms with E-state index in [-0.39, 0.29) is 18.1 Å². The van der Waals surface area contributed by atoms with Crippen molar-refractivity contribution in [3.8, 4) is 17.0 Å². The lowest BCUT2D eigenvalue weighted by atomic mass is 10.0. The maximum Gasteiger partial charge on any atom is 0.356 e. The smallest absolute Gasteiger partial charge is 0.356 e. The molecule has 2 heterocycles. The summed E-state index contributed by atoms with van der Waals surface area (Å²) in [6.07, 6.45) is 0.377. The van der Waals surface area contributed by atoms with Crippen LogP contribution in [0.25, 0.3) is 11.3 Å². The van der Waals surface area contributed by atoms with Gasteiger partial charge in [-0.2, -0.15) is 0 Å². The SMILES string of the molecule is COC(=O)c1ccc(F)c(-c2c(F)cc3c(c2F)OCC3)n1. The third-order valence-corrected chi connectivity index (χ3v) is 3.35. The lowest BCUT2D eigenvalue weighted by molar-refractivity contribution is 0.0594. The van der Waals surface area contributed by atoms with Crippen molar-refractivity contribution in [3.63, 3.8) is 0 Å². The van der Waals surface area contributed by atoms with Gasteiger partial charge in [-0.1, -0.05) is 0 Å². The van der Waals surface area contributed by atoms with Crippen molar-refractivity contribution in [3.05, 3.63) is 46.9 Å². The third-order valence-electron chi connectivity index (χ3n) is 3.35. The van der Waals surface area contributed by atoms with E-state index in [1.807, 2.05) is 0 Å². The summed E-state index contributed by atoms with van der Waals surface area (Å²) in [4.78, 5) is 15.1. The number of halogens is 3. The molecule has 2 aromatic rings. The van der Waals surface area contributed by atoms with Crippen LogP contribution in [0.5, 0.6) is 5.75 Å². The molecule has 0 spiro atoms. The zero-order chi connectivity index (χ0) is 15.9. The minimum atomic E-state index is -1.03. The number of nitrogens with zero attached hydrogens (tertiary/aromatic N) is 1. The minimum Gasteiger partial charge on any atom is -0.490 e. The van der Waals surface area contributed by atoms with Crippen molar-refractivity contribution in [2.45, 2.75) is 6.42 Å². The highest BCUT2D eigenvalue weighted by Crippen LogP contribution is 2.37. The summed E-state index contributed by atoms with van der Waals surface area (Å²) >= 11 is 0. The first kappa shape index (κ1) is 14.4. The van der Waals surface area contributed by atoms with E-state index in [1.54, 1.807) is 0 Å². The van der Waals surface area contributed by atoms with Gasteiger partial charge in [0, 0.05) is 12.0 Å². The van der Waals surface area contributed by atoms with Gasteiger partial charge in [0.2, 0.25) is 0 Å². The van der Waals surface area contributed by atoms with E-state index < -0.39 is 34.7 Å². The Hall–Kier alpha value is -2.57. The molecule has 1 aromatic carbocycles. The number of hydrogen-bond acceptors (Lipinski definition) is 4. The Balaban J connectivity index is 2.22. The number of pyridine rings is 1. The van der Waals surface area contributed by atoms with Crippen LogP contribution >= 0.6 is 0 Å². The Morgan fingerprint density at radius 1 is 1.27 bits per heavy atom. The van der Waals surface area contributed by atoms with Gasteiger partial charge in [-0.25, -0.2) is 22.9 Å². The minimum absolute atomic E-state index is 0.110. The van der Waals surface area contributed by atoms with Crippen molar-refractivity contribution >= 4 is 5.97 Å². The number of hydrogen-bond donors (Lipinski definition) is 0. The maximum absolute atomic E-state index is 14.4. The van der Waals surface area contributed by atoms with E-state index in [0.29, 0.717) is 12.0 Å². The van der Waals surface area contributed by atoms with Gasteiger partial charge in [0.25, 0.3) is 0 Å². The Morgan fingerprint density at radius 3 is 2.77 bits per heavy atom. The number of aromatic nitrogens is 1. The Labute approximate surface area is 123 Å². The molecule has 0 saturated carbocycles. The fraction of sp³-hybridized carbons (Fsp3) is 0.200. The second-order valence-electron chi connectivity index (χ2n) is 4.65. The molecule has 0 bridgehead atoms. The summed E-state index contributed by atoms with van der Waals surface area (Å²) in [6.45, 7) is 0.229. The van der Waals surface area contributed by atoms with Crippen LogP contribution in [0.4, 0.5) is 13.2 Å². The summed E-state index contributed by atoms with van der Waals surface area (Å²) in [6, 6.07) is 3.07. The summed E-state index contributed by atoms with van der Waals surface area (Å²) in [5.41, 5.74) is -1.14. The average molecular weight is 309 g/mol. The van der Waals surface area contributed by atoms with Gasteiger partial charge in [-0.3, -0.25) is 0 Å². The maximum atomic E-state index is 14.4. The molecule has 22 heavy (non-hydrogen) atoms. The van der Waals surface area contributed by atoms with E-state index in [4.69, 9.17) is 4.74 Å². The van der Waals surface area contributed by atoms with Crippen LogP contribution in [-0.2, 0) is 11.2 Å².